The van der Waals surface area contributed by atoms with Crippen molar-refractivity contribution in [2.75, 3.05) is 26.2 Å². The lowest BCUT2D eigenvalue weighted by molar-refractivity contribution is -0.148. The third-order valence-electron chi connectivity index (χ3n) is 3.82. The smallest absolute Gasteiger partial charge is 0.313 e. The monoisotopic (exact) mass is 266 g/mol. The predicted octanol–water partition coefficient (Wildman–Crippen LogP) is 3.04. The number of piperidine rings is 1. The highest BCUT2D eigenvalue weighted by Crippen LogP contribution is 2.21. The van der Waals surface area contributed by atoms with Gasteiger partial charge in [0.15, 0.2) is 0 Å². The van der Waals surface area contributed by atoms with Gasteiger partial charge in [-0.2, -0.15) is 13.2 Å². The van der Waals surface area contributed by atoms with Gasteiger partial charge in [-0.15, -0.1) is 0 Å². The van der Waals surface area contributed by atoms with Crippen LogP contribution in [0, 0.1) is 5.41 Å². The number of nitrogens with one attached hydrogen (secondary N) is 1. The summed E-state index contributed by atoms with van der Waals surface area (Å²) in [5.74, 6) is 0. The number of nitrogens with zero attached hydrogens (tertiary/aromatic N) is 1. The van der Waals surface area contributed by atoms with Gasteiger partial charge in [-0.05, 0) is 37.8 Å². The maximum Gasteiger partial charge on any atom is 0.401 e. The summed E-state index contributed by atoms with van der Waals surface area (Å²) < 4.78 is 36.7. The summed E-state index contributed by atoms with van der Waals surface area (Å²) in [4.78, 5) is 1.50. The molecule has 0 radical (unpaired) electrons. The van der Waals surface area contributed by atoms with E-state index in [1.165, 1.54) is 4.90 Å². The molecule has 1 N–H and O–H groups in total. The molecule has 0 amide bonds. The minimum atomic E-state index is -4.07. The van der Waals surface area contributed by atoms with Crippen molar-refractivity contribution in [2.45, 2.75) is 52.3 Å². The molecule has 0 unspecified atom stereocenters. The van der Waals surface area contributed by atoms with Crippen LogP contribution in [0.25, 0.3) is 0 Å². The molecule has 1 saturated heterocycles. The van der Waals surface area contributed by atoms with E-state index in [1.54, 1.807) is 0 Å². The lowest BCUT2D eigenvalue weighted by Gasteiger charge is -2.34. The quantitative estimate of drug-likeness (QED) is 0.823. The Balaban J connectivity index is 2.23. The Hall–Kier alpha value is -0.290. The summed E-state index contributed by atoms with van der Waals surface area (Å²) in [6.07, 6.45) is -1.33. The minimum absolute atomic E-state index is 0.267. The number of likely N-dealkylation sites (tertiary alicyclic amines) is 1. The topological polar surface area (TPSA) is 15.3 Å². The van der Waals surface area contributed by atoms with E-state index in [0.29, 0.717) is 19.1 Å². The average Bonchev–Trinajstić information content (AvgIpc) is 2.26. The molecule has 0 aliphatic carbocycles. The van der Waals surface area contributed by atoms with Crippen LogP contribution in [0.2, 0.25) is 0 Å². The van der Waals surface area contributed by atoms with Crippen molar-refractivity contribution in [3.63, 3.8) is 0 Å². The van der Waals surface area contributed by atoms with Crippen LogP contribution in [0.4, 0.5) is 13.2 Å². The molecule has 18 heavy (non-hydrogen) atoms. The fraction of sp³-hybridized carbons (Fsp3) is 1.00. The minimum Gasteiger partial charge on any atom is -0.313 e. The molecule has 0 atom stereocenters. The summed E-state index contributed by atoms with van der Waals surface area (Å²) in [6, 6.07) is 0.375. The molecule has 1 rings (SSSR count). The Kier molecular flexibility index (Phi) is 5.46. The Morgan fingerprint density at radius 2 is 1.72 bits per heavy atom. The largest absolute Gasteiger partial charge is 0.401 e. The molecule has 0 saturated carbocycles. The molecule has 1 heterocycles. The molecule has 1 aliphatic heterocycles. The summed E-state index contributed by atoms with van der Waals surface area (Å²) >= 11 is 0. The zero-order valence-corrected chi connectivity index (χ0v) is 11.6. The molecule has 0 bridgehead atoms. The van der Waals surface area contributed by atoms with Crippen molar-refractivity contribution in [3.05, 3.63) is 0 Å². The van der Waals surface area contributed by atoms with Crippen LogP contribution in [0.1, 0.15) is 40.0 Å². The highest BCUT2D eigenvalue weighted by atomic mass is 19.4. The van der Waals surface area contributed by atoms with Crippen molar-refractivity contribution < 1.29 is 13.2 Å². The Morgan fingerprint density at radius 3 is 2.17 bits per heavy atom. The SMILES string of the molecule is CCC(C)(C)CNC1CCN(CC(F)(F)F)CC1. The molecular formula is C13H25F3N2. The van der Waals surface area contributed by atoms with E-state index in [4.69, 9.17) is 0 Å². The summed E-state index contributed by atoms with van der Waals surface area (Å²) in [6.45, 7) is 7.84. The second-order valence-corrected chi connectivity index (χ2v) is 6.06. The highest BCUT2D eigenvalue weighted by Gasteiger charge is 2.32. The summed E-state index contributed by atoms with van der Waals surface area (Å²) in [5.41, 5.74) is 0.267. The zero-order chi connectivity index (χ0) is 13.8. The first-order chi connectivity index (χ1) is 8.22. The van der Waals surface area contributed by atoms with Crippen LogP contribution < -0.4 is 5.32 Å². The van der Waals surface area contributed by atoms with Crippen molar-refractivity contribution >= 4 is 0 Å². The molecule has 0 aromatic heterocycles. The Labute approximate surface area is 108 Å². The number of halogens is 3. The Morgan fingerprint density at radius 1 is 1.17 bits per heavy atom. The maximum absolute atomic E-state index is 12.2. The normalized spacial score (nSPS) is 20.3. The lowest BCUT2D eigenvalue weighted by atomic mass is 9.89. The molecule has 5 heteroatoms. The number of rotatable bonds is 5. The third kappa shape index (κ3) is 6.05. The fourth-order valence-corrected chi connectivity index (χ4v) is 2.09. The molecule has 1 fully saturated rings. The summed E-state index contributed by atoms with van der Waals surface area (Å²) in [7, 11) is 0. The van der Waals surface area contributed by atoms with Crippen LogP contribution in [0.3, 0.4) is 0 Å². The predicted molar refractivity (Wildman–Crippen MR) is 67.6 cm³/mol. The maximum atomic E-state index is 12.2. The highest BCUT2D eigenvalue weighted by molar-refractivity contribution is 4.80. The van der Waals surface area contributed by atoms with Gasteiger partial charge >= 0.3 is 6.18 Å². The van der Waals surface area contributed by atoms with Gasteiger partial charge in [0.1, 0.15) is 0 Å². The molecule has 0 aromatic carbocycles. The van der Waals surface area contributed by atoms with Crippen LogP contribution in [-0.4, -0.2) is 43.3 Å². The van der Waals surface area contributed by atoms with Crippen molar-refractivity contribution in [1.29, 1.82) is 0 Å². The first-order valence-electron chi connectivity index (χ1n) is 6.74. The standard InChI is InChI=1S/C13H25F3N2/c1-4-12(2,3)9-17-11-5-7-18(8-6-11)10-13(14,15)16/h11,17H,4-10H2,1-3H3. The third-order valence-corrected chi connectivity index (χ3v) is 3.82. The molecule has 0 aromatic rings. The first kappa shape index (κ1) is 15.8. The van der Waals surface area contributed by atoms with Gasteiger partial charge in [0.05, 0.1) is 6.54 Å². The first-order valence-corrected chi connectivity index (χ1v) is 6.74. The van der Waals surface area contributed by atoms with E-state index in [1.807, 2.05) is 0 Å². The second-order valence-electron chi connectivity index (χ2n) is 6.06. The van der Waals surface area contributed by atoms with Crippen LogP contribution in [0.15, 0.2) is 0 Å². The van der Waals surface area contributed by atoms with Gasteiger partial charge in [0.25, 0.3) is 0 Å². The van der Waals surface area contributed by atoms with E-state index in [2.05, 4.69) is 26.1 Å². The van der Waals surface area contributed by atoms with Crippen molar-refractivity contribution in [1.82, 2.24) is 10.2 Å². The van der Waals surface area contributed by atoms with Gasteiger partial charge in [0, 0.05) is 12.6 Å². The van der Waals surface area contributed by atoms with Gasteiger partial charge < -0.3 is 5.32 Å². The van der Waals surface area contributed by atoms with E-state index >= 15 is 0 Å². The summed E-state index contributed by atoms with van der Waals surface area (Å²) in [5, 5.41) is 3.49. The fourth-order valence-electron chi connectivity index (χ4n) is 2.09. The Bertz CT molecular complexity index is 243. The van der Waals surface area contributed by atoms with Crippen molar-refractivity contribution in [3.8, 4) is 0 Å². The van der Waals surface area contributed by atoms with E-state index < -0.39 is 12.7 Å². The van der Waals surface area contributed by atoms with E-state index in [-0.39, 0.29) is 5.41 Å². The van der Waals surface area contributed by atoms with E-state index in [9.17, 15) is 13.2 Å². The molecule has 108 valence electrons. The number of hydrogen-bond acceptors (Lipinski definition) is 2. The van der Waals surface area contributed by atoms with Gasteiger partial charge in [-0.3, -0.25) is 4.90 Å². The zero-order valence-electron chi connectivity index (χ0n) is 11.6. The van der Waals surface area contributed by atoms with Crippen LogP contribution in [0.5, 0.6) is 0 Å². The molecule has 0 spiro atoms. The second kappa shape index (κ2) is 6.24. The number of hydrogen-bond donors (Lipinski definition) is 1. The van der Waals surface area contributed by atoms with Gasteiger partial charge in [0.2, 0.25) is 0 Å². The number of alkyl halides is 3. The van der Waals surface area contributed by atoms with Gasteiger partial charge in [-0.1, -0.05) is 20.8 Å². The van der Waals surface area contributed by atoms with Crippen LogP contribution in [-0.2, 0) is 0 Å². The lowest BCUT2D eigenvalue weighted by Crippen LogP contribution is -2.47. The molecule has 2 nitrogen and oxygen atoms in total. The van der Waals surface area contributed by atoms with Gasteiger partial charge in [-0.25, -0.2) is 0 Å². The average molecular weight is 266 g/mol. The van der Waals surface area contributed by atoms with E-state index in [0.717, 1.165) is 25.8 Å². The van der Waals surface area contributed by atoms with Crippen molar-refractivity contribution in [2.24, 2.45) is 5.41 Å². The molecular weight excluding hydrogens is 241 g/mol. The van der Waals surface area contributed by atoms with Crippen LogP contribution >= 0.6 is 0 Å². The molecule has 1 aliphatic rings.